The first-order valence-corrected chi connectivity index (χ1v) is 8.87. The van der Waals surface area contributed by atoms with Crippen molar-refractivity contribution in [2.45, 2.75) is 26.0 Å². The Labute approximate surface area is 143 Å². The van der Waals surface area contributed by atoms with Gasteiger partial charge in [-0.3, -0.25) is 0 Å². The van der Waals surface area contributed by atoms with E-state index in [9.17, 15) is 0 Å². The second-order valence-electron chi connectivity index (χ2n) is 6.52. The molecule has 1 aliphatic heterocycles. The molecule has 0 radical (unpaired) electrons. The van der Waals surface area contributed by atoms with Gasteiger partial charge in [-0.2, -0.15) is 0 Å². The van der Waals surface area contributed by atoms with Crippen molar-refractivity contribution >= 4 is 10.9 Å². The molecular formula is C21H24N2O. The molecule has 0 amide bonds. The van der Waals surface area contributed by atoms with Gasteiger partial charge in [0, 0.05) is 24.7 Å². The normalized spacial score (nSPS) is 15.2. The van der Waals surface area contributed by atoms with Crippen molar-refractivity contribution in [1.29, 1.82) is 0 Å². The topological polar surface area (TPSA) is 17.4 Å². The largest absolute Gasteiger partial charge is 0.488 e. The van der Waals surface area contributed by atoms with Crippen LogP contribution in [0.1, 0.15) is 18.4 Å². The predicted molar refractivity (Wildman–Crippen MR) is 98.4 cm³/mol. The number of nitrogens with zero attached hydrogens (tertiary/aromatic N) is 2. The zero-order valence-electron chi connectivity index (χ0n) is 14.0. The van der Waals surface area contributed by atoms with E-state index >= 15 is 0 Å². The fraction of sp³-hybridized carbons (Fsp3) is 0.333. The van der Waals surface area contributed by atoms with E-state index in [1.807, 2.05) is 18.2 Å². The van der Waals surface area contributed by atoms with Crippen LogP contribution in [0.15, 0.2) is 60.8 Å². The number of likely N-dealkylation sites (tertiary alicyclic amines) is 1. The lowest BCUT2D eigenvalue weighted by molar-refractivity contribution is 0.310. The number of aromatic nitrogens is 1. The Morgan fingerprint density at radius 2 is 1.67 bits per heavy atom. The molecule has 0 saturated carbocycles. The first kappa shape index (κ1) is 15.3. The lowest BCUT2D eigenvalue weighted by Crippen LogP contribution is -2.23. The number of benzene rings is 2. The Morgan fingerprint density at radius 3 is 2.50 bits per heavy atom. The van der Waals surface area contributed by atoms with Crippen LogP contribution in [0.2, 0.25) is 0 Å². The highest BCUT2D eigenvalue weighted by molar-refractivity contribution is 5.86. The van der Waals surface area contributed by atoms with Crippen LogP contribution >= 0.6 is 0 Å². The van der Waals surface area contributed by atoms with Gasteiger partial charge in [0.15, 0.2) is 0 Å². The third-order valence-electron chi connectivity index (χ3n) is 4.87. The van der Waals surface area contributed by atoms with Crippen LogP contribution in [-0.4, -0.2) is 29.1 Å². The Balaban J connectivity index is 1.48. The lowest BCUT2D eigenvalue weighted by Gasteiger charge is -2.15. The summed E-state index contributed by atoms with van der Waals surface area (Å²) >= 11 is 0. The van der Waals surface area contributed by atoms with Gasteiger partial charge in [0.05, 0.1) is 5.52 Å². The van der Waals surface area contributed by atoms with E-state index in [1.54, 1.807) is 0 Å². The summed E-state index contributed by atoms with van der Waals surface area (Å²) < 4.78 is 8.42. The minimum absolute atomic E-state index is 0.610. The molecule has 1 aliphatic rings. The number of rotatable bonds is 6. The van der Waals surface area contributed by atoms with Crippen LogP contribution in [0.4, 0.5) is 0 Å². The van der Waals surface area contributed by atoms with E-state index in [1.165, 1.54) is 42.4 Å². The van der Waals surface area contributed by atoms with E-state index in [0.29, 0.717) is 6.61 Å². The maximum Gasteiger partial charge on any atom is 0.129 e. The van der Waals surface area contributed by atoms with Gasteiger partial charge in [0.1, 0.15) is 12.4 Å². The Hall–Kier alpha value is -2.26. The molecule has 2 aromatic carbocycles. The fourth-order valence-electron chi connectivity index (χ4n) is 3.51. The molecule has 24 heavy (non-hydrogen) atoms. The second kappa shape index (κ2) is 7.10. The van der Waals surface area contributed by atoms with Crippen molar-refractivity contribution in [2.75, 3.05) is 19.6 Å². The summed E-state index contributed by atoms with van der Waals surface area (Å²) in [6.45, 7) is 5.30. The number of ether oxygens (including phenoxy) is 1. The lowest BCUT2D eigenvalue weighted by atomic mass is 10.2. The average Bonchev–Trinajstić information content (AvgIpc) is 3.29. The fourth-order valence-corrected chi connectivity index (χ4v) is 3.51. The molecule has 3 heteroatoms. The van der Waals surface area contributed by atoms with Gasteiger partial charge in [-0.15, -0.1) is 0 Å². The van der Waals surface area contributed by atoms with Crippen molar-refractivity contribution in [2.24, 2.45) is 0 Å². The maximum absolute atomic E-state index is 6.07. The highest BCUT2D eigenvalue weighted by Gasteiger charge is 2.12. The minimum atomic E-state index is 0.610. The molecular weight excluding hydrogens is 296 g/mol. The Morgan fingerprint density at radius 1 is 0.833 bits per heavy atom. The smallest absolute Gasteiger partial charge is 0.129 e. The summed E-state index contributed by atoms with van der Waals surface area (Å²) in [6, 6.07) is 18.9. The molecule has 0 aliphatic carbocycles. The summed E-state index contributed by atoms with van der Waals surface area (Å²) in [6.07, 6.45) is 4.89. The molecule has 4 rings (SSSR count). The van der Waals surface area contributed by atoms with Crippen molar-refractivity contribution in [3.63, 3.8) is 0 Å². The van der Waals surface area contributed by atoms with Crippen LogP contribution in [0, 0.1) is 0 Å². The summed E-state index contributed by atoms with van der Waals surface area (Å²) in [5, 5.41) is 1.20. The third-order valence-corrected chi connectivity index (χ3v) is 4.87. The molecule has 3 nitrogen and oxygen atoms in total. The second-order valence-corrected chi connectivity index (χ2v) is 6.52. The zero-order valence-corrected chi connectivity index (χ0v) is 14.0. The molecule has 2 heterocycles. The SMILES string of the molecule is c1ccc(COc2cccc3c2ccn3CCN2CCCC2)cc1. The number of fused-ring (bicyclic) bond motifs is 1. The van der Waals surface area contributed by atoms with E-state index in [2.05, 4.69) is 52.1 Å². The zero-order chi connectivity index (χ0) is 16.2. The van der Waals surface area contributed by atoms with Gasteiger partial charge >= 0.3 is 0 Å². The molecule has 124 valence electrons. The van der Waals surface area contributed by atoms with E-state index in [-0.39, 0.29) is 0 Å². The third kappa shape index (κ3) is 3.31. The predicted octanol–water partition coefficient (Wildman–Crippen LogP) is 4.32. The first-order valence-electron chi connectivity index (χ1n) is 8.87. The number of hydrogen-bond acceptors (Lipinski definition) is 2. The van der Waals surface area contributed by atoms with Crippen molar-refractivity contribution in [3.05, 3.63) is 66.4 Å². The van der Waals surface area contributed by atoms with Gasteiger partial charge in [-0.1, -0.05) is 36.4 Å². The number of hydrogen-bond donors (Lipinski definition) is 0. The standard InChI is InChI=1S/C21H24N2O/c1-2-7-18(8-3-1)17-24-21-10-6-9-20-19(21)11-14-23(20)16-15-22-12-4-5-13-22/h1-3,6-11,14H,4-5,12-13,15-17H2. The summed E-state index contributed by atoms with van der Waals surface area (Å²) in [5.41, 5.74) is 2.46. The van der Waals surface area contributed by atoms with Crippen LogP contribution in [-0.2, 0) is 13.2 Å². The van der Waals surface area contributed by atoms with E-state index in [4.69, 9.17) is 4.74 Å². The van der Waals surface area contributed by atoms with Crippen LogP contribution in [0.25, 0.3) is 10.9 Å². The summed E-state index contributed by atoms with van der Waals surface area (Å²) in [7, 11) is 0. The summed E-state index contributed by atoms with van der Waals surface area (Å²) in [4.78, 5) is 2.56. The first-order chi connectivity index (χ1) is 11.9. The van der Waals surface area contributed by atoms with Gasteiger partial charge < -0.3 is 14.2 Å². The van der Waals surface area contributed by atoms with Crippen LogP contribution in [0.3, 0.4) is 0 Å². The molecule has 3 aromatic rings. The average molecular weight is 320 g/mol. The van der Waals surface area contributed by atoms with Crippen molar-refractivity contribution < 1.29 is 4.74 Å². The van der Waals surface area contributed by atoms with Gasteiger partial charge in [0.25, 0.3) is 0 Å². The molecule has 0 atom stereocenters. The molecule has 0 spiro atoms. The summed E-state index contributed by atoms with van der Waals surface area (Å²) in [5.74, 6) is 0.969. The maximum atomic E-state index is 6.07. The van der Waals surface area contributed by atoms with Gasteiger partial charge in [-0.05, 0) is 49.7 Å². The minimum Gasteiger partial charge on any atom is -0.488 e. The molecule has 0 N–H and O–H groups in total. The van der Waals surface area contributed by atoms with Crippen LogP contribution in [0.5, 0.6) is 5.75 Å². The Bertz CT molecular complexity index is 788. The molecule has 0 unspecified atom stereocenters. The van der Waals surface area contributed by atoms with Crippen molar-refractivity contribution in [3.8, 4) is 5.75 Å². The monoisotopic (exact) mass is 320 g/mol. The van der Waals surface area contributed by atoms with Gasteiger partial charge in [0.2, 0.25) is 0 Å². The highest BCUT2D eigenvalue weighted by atomic mass is 16.5. The van der Waals surface area contributed by atoms with Gasteiger partial charge in [-0.25, -0.2) is 0 Å². The van der Waals surface area contributed by atoms with Crippen LogP contribution < -0.4 is 4.74 Å². The molecule has 1 saturated heterocycles. The highest BCUT2D eigenvalue weighted by Crippen LogP contribution is 2.27. The Kier molecular flexibility index (Phi) is 4.52. The molecule has 1 fully saturated rings. The quantitative estimate of drug-likeness (QED) is 0.673. The molecule has 0 bridgehead atoms. The van der Waals surface area contributed by atoms with E-state index in [0.717, 1.165) is 18.8 Å². The van der Waals surface area contributed by atoms with Crippen molar-refractivity contribution in [1.82, 2.24) is 9.47 Å². The molecule has 1 aromatic heterocycles. The van der Waals surface area contributed by atoms with E-state index < -0.39 is 0 Å².